The zero-order valence-corrected chi connectivity index (χ0v) is 7.09. The lowest BCUT2D eigenvalue weighted by Crippen LogP contribution is -2.16. The van der Waals surface area contributed by atoms with Crippen molar-refractivity contribution in [1.29, 1.82) is 5.26 Å². The molecule has 0 unspecified atom stereocenters. The SMILES string of the molecule is N#Cc1c(F)c(F)c(C(F)(F)F)c(F)c1F. The van der Waals surface area contributed by atoms with Crippen molar-refractivity contribution in [2.24, 2.45) is 0 Å². The molecule has 0 aromatic heterocycles. The Morgan fingerprint density at radius 1 is 0.812 bits per heavy atom. The maximum atomic E-state index is 12.7. The van der Waals surface area contributed by atoms with E-state index in [1.54, 1.807) is 0 Å². The van der Waals surface area contributed by atoms with Gasteiger partial charge in [-0.25, -0.2) is 17.6 Å². The quantitative estimate of drug-likeness (QED) is 0.507. The van der Waals surface area contributed by atoms with Gasteiger partial charge in [0.2, 0.25) is 0 Å². The van der Waals surface area contributed by atoms with Gasteiger partial charge in [0.15, 0.2) is 23.3 Å². The highest BCUT2D eigenvalue weighted by atomic mass is 19.4. The van der Waals surface area contributed by atoms with E-state index in [-0.39, 0.29) is 0 Å². The van der Waals surface area contributed by atoms with Crippen LogP contribution in [-0.4, -0.2) is 0 Å². The van der Waals surface area contributed by atoms with Gasteiger partial charge in [-0.15, -0.1) is 0 Å². The van der Waals surface area contributed by atoms with Crippen LogP contribution >= 0.6 is 0 Å². The third-order valence-corrected chi connectivity index (χ3v) is 1.66. The van der Waals surface area contributed by atoms with Gasteiger partial charge in [0.05, 0.1) is 0 Å². The molecule has 0 saturated heterocycles. The van der Waals surface area contributed by atoms with Crippen LogP contribution < -0.4 is 0 Å². The largest absolute Gasteiger partial charge is 0.422 e. The van der Waals surface area contributed by atoms with Crippen molar-refractivity contribution < 1.29 is 30.7 Å². The Labute approximate surface area is 83.7 Å². The molecule has 0 atom stereocenters. The molecule has 0 aliphatic heterocycles. The highest BCUT2D eigenvalue weighted by molar-refractivity contribution is 5.38. The fourth-order valence-corrected chi connectivity index (χ4v) is 0.979. The fraction of sp³-hybridized carbons (Fsp3) is 0.125. The van der Waals surface area contributed by atoms with E-state index in [1.165, 1.54) is 0 Å². The molecular formula is C8F7N. The van der Waals surface area contributed by atoms with Crippen LogP contribution in [0.25, 0.3) is 0 Å². The van der Waals surface area contributed by atoms with Crippen molar-refractivity contribution in [2.45, 2.75) is 6.18 Å². The number of halogens is 7. The van der Waals surface area contributed by atoms with Crippen molar-refractivity contribution >= 4 is 0 Å². The van der Waals surface area contributed by atoms with E-state index >= 15 is 0 Å². The predicted molar refractivity (Wildman–Crippen MR) is 36.0 cm³/mol. The summed E-state index contributed by atoms with van der Waals surface area (Å²) in [5.41, 5.74) is -4.43. The highest BCUT2D eigenvalue weighted by Gasteiger charge is 2.42. The van der Waals surface area contributed by atoms with Crippen LogP contribution in [0.1, 0.15) is 11.1 Å². The summed E-state index contributed by atoms with van der Waals surface area (Å²) in [6, 6.07) is 0.727. The van der Waals surface area contributed by atoms with Crippen molar-refractivity contribution in [3.63, 3.8) is 0 Å². The summed E-state index contributed by atoms with van der Waals surface area (Å²) in [6.07, 6.45) is -5.59. The number of hydrogen-bond donors (Lipinski definition) is 0. The predicted octanol–water partition coefficient (Wildman–Crippen LogP) is 3.13. The summed E-state index contributed by atoms with van der Waals surface area (Å²) >= 11 is 0. The fourth-order valence-electron chi connectivity index (χ4n) is 0.979. The molecule has 0 fully saturated rings. The van der Waals surface area contributed by atoms with Crippen LogP contribution in [0.5, 0.6) is 0 Å². The summed E-state index contributed by atoms with van der Waals surface area (Å²) in [7, 11) is 0. The number of benzene rings is 1. The molecule has 0 saturated carbocycles. The van der Waals surface area contributed by atoms with E-state index in [9.17, 15) is 30.7 Å². The normalized spacial score (nSPS) is 11.4. The molecule has 86 valence electrons. The van der Waals surface area contributed by atoms with Gasteiger partial charge in [0, 0.05) is 0 Å². The molecule has 0 spiro atoms. The molecule has 1 rings (SSSR count). The van der Waals surface area contributed by atoms with Crippen LogP contribution in [0.3, 0.4) is 0 Å². The molecule has 0 amide bonds. The number of nitriles is 1. The van der Waals surface area contributed by atoms with Crippen molar-refractivity contribution in [3.8, 4) is 6.07 Å². The first-order valence-electron chi connectivity index (χ1n) is 3.55. The second-order valence-corrected chi connectivity index (χ2v) is 2.62. The Balaban J connectivity index is 3.76. The van der Waals surface area contributed by atoms with Gasteiger partial charge < -0.3 is 0 Å². The summed E-state index contributed by atoms with van der Waals surface area (Å²) in [5, 5.41) is 8.10. The smallest absolute Gasteiger partial charge is 0.203 e. The molecule has 0 N–H and O–H groups in total. The highest BCUT2D eigenvalue weighted by Crippen LogP contribution is 2.36. The van der Waals surface area contributed by atoms with Crippen molar-refractivity contribution in [2.75, 3.05) is 0 Å². The number of alkyl halides is 3. The zero-order valence-electron chi connectivity index (χ0n) is 7.09. The first-order chi connectivity index (χ1) is 7.21. The minimum atomic E-state index is -5.59. The van der Waals surface area contributed by atoms with Crippen molar-refractivity contribution in [1.82, 2.24) is 0 Å². The summed E-state index contributed by atoms with van der Waals surface area (Å²) < 4.78 is 87.0. The molecule has 1 aromatic carbocycles. The minimum absolute atomic E-state index is 0.727. The van der Waals surface area contributed by atoms with Crippen LogP contribution in [0.4, 0.5) is 30.7 Å². The third kappa shape index (κ3) is 1.68. The standard InChI is InChI=1S/C8F7N/c9-4-2(1-16)5(10)7(12)3(6(4)11)8(13,14)15. The van der Waals surface area contributed by atoms with E-state index in [4.69, 9.17) is 5.26 Å². The molecule has 8 heteroatoms. The average Bonchev–Trinajstić information content (AvgIpc) is 2.14. The number of nitrogens with zero attached hydrogens (tertiary/aromatic N) is 1. The zero-order chi connectivity index (χ0) is 12.7. The van der Waals surface area contributed by atoms with E-state index in [2.05, 4.69) is 0 Å². The first-order valence-corrected chi connectivity index (χ1v) is 3.55. The molecule has 0 radical (unpaired) electrons. The third-order valence-electron chi connectivity index (χ3n) is 1.66. The van der Waals surface area contributed by atoms with E-state index < -0.39 is 40.6 Å². The maximum Gasteiger partial charge on any atom is 0.422 e. The van der Waals surface area contributed by atoms with E-state index in [0.717, 1.165) is 6.07 Å². The van der Waals surface area contributed by atoms with Gasteiger partial charge in [-0.3, -0.25) is 0 Å². The molecule has 0 bridgehead atoms. The second kappa shape index (κ2) is 3.66. The molecule has 16 heavy (non-hydrogen) atoms. The molecule has 1 aromatic rings. The molecular weight excluding hydrogens is 243 g/mol. The van der Waals surface area contributed by atoms with Crippen LogP contribution in [-0.2, 0) is 6.18 Å². The van der Waals surface area contributed by atoms with Gasteiger partial charge in [-0.05, 0) is 0 Å². The van der Waals surface area contributed by atoms with Crippen LogP contribution in [0, 0.1) is 34.6 Å². The summed E-state index contributed by atoms with van der Waals surface area (Å²) in [5.74, 6) is -10.0. The Bertz CT molecular complexity index is 454. The summed E-state index contributed by atoms with van der Waals surface area (Å²) in [4.78, 5) is 0. The molecule has 0 aliphatic carbocycles. The second-order valence-electron chi connectivity index (χ2n) is 2.62. The topological polar surface area (TPSA) is 23.8 Å². The number of rotatable bonds is 0. The van der Waals surface area contributed by atoms with Gasteiger partial charge >= 0.3 is 6.18 Å². The van der Waals surface area contributed by atoms with Crippen LogP contribution in [0.15, 0.2) is 0 Å². The van der Waals surface area contributed by atoms with Gasteiger partial charge in [0.25, 0.3) is 0 Å². The monoisotopic (exact) mass is 243 g/mol. The lowest BCUT2D eigenvalue weighted by atomic mass is 10.1. The maximum absolute atomic E-state index is 12.7. The Hall–Kier alpha value is -1.78. The Kier molecular flexibility index (Phi) is 2.81. The van der Waals surface area contributed by atoms with E-state index in [0.29, 0.717) is 0 Å². The van der Waals surface area contributed by atoms with Gasteiger partial charge in [-0.2, -0.15) is 18.4 Å². The molecule has 0 aliphatic rings. The van der Waals surface area contributed by atoms with Crippen LogP contribution in [0.2, 0.25) is 0 Å². The Morgan fingerprint density at radius 3 is 1.44 bits per heavy atom. The minimum Gasteiger partial charge on any atom is -0.203 e. The molecule has 0 heterocycles. The lowest BCUT2D eigenvalue weighted by Gasteiger charge is -2.11. The average molecular weight is 243 g/mol. The van der Waals surface area contributed by atoms with Gasteiger partial charge in [-0.1, -0.05) is 0 Å². The van der Waals surface area contributed by atoms with Crippen molar-refractivity contribution in [3.05, 3.63) is 34.4 Å². The molecule has 1 nitrogen and oxygen atoms in total. The Morgan fingerprint density at radius 2 is 1.19 bits per heavy atom. The number of hydrogen-bond acceptors (Lipinski definition) is 1. The van der Waals surface area contributed by atoms with E-state index in [1.807, 2.05) is 0 Å². The van der Waals surface area contributed by atoms with Gasteiger partial charge in [0.1, 0.15) is 17.2 Å². The lowest BCUT2D eigenvalue weighted by molar-refractivity contribution is -0.143. The summed E-state index contributed by atoms with van der Waals surface area (Å²) in [6.45, 7) is 0. The first kappa shape index (κ1) is 12.3.